The minimum Gasteiger partial charge on any atom is -0.384 e. The Balaban J connectivity index is 1.44. The van der Waals surface area contributed by atoms with Gasteiger partial charge in [0.05, 0.1) is 0 Å². The first-order chi connectivity index (χ1) is 11.8. The Bertz CT molecular complexity index is 835. The van der Waals surface area contributed by atoms with Crippen LogP contribution in [0.25, 0.3) is 10.8 Å². The zero-order chi connectivity index (χ0) is 16.4. The molecule has 2 unspecified atom stereocenters. The molecular weight excluding hydrogens is 292 g/mol. The van der Waals surface area contributed by atoms with Gasteiger partial charge in [0.1, 0.15) is 0 Å². The summed E-state index contributed by atoms with van der Waals surface area (Å²) in [4.78, 5) is 0. The van der Waals surface area contributed by atoms with Crippen molar-refractivity contribution in [2.45, 2.75) is 19.4 Å². The van der Waals surface area contributed by atoms with E-state index in [1.165, 1.54) is 27.6 Å². The SMILES string of the molecule is CC(NCC1CNc2ccccc2C1)c1cccc2ccccc12. The topological polar surface area (TPSA) is 24.1 Å². The van der Waals surface area contributed by atoms with E-state index in [2.05, 4.69) is 84.3 Å². The van der Waals surface area contributed by atoms with E-state index in [0.717, 1.165) is 19.5 Å². The van der Waals surface area contributed by atoms with E-state index in [9.17, 15) is 0 Å². The minimum absolute atomic E-state index is 0.355. The Labute approximate surface area is 143 Å². The van der Waals surface area contributed by atoms with Crippen LogP contribution in [0.3, 0.4) is 0 Å². The van der Waals surface area contributed by atoms with E-state index in [0.29, 0.717) is 12.0 Å². The summed E-state index contributed by atoms with van der Waals surface area (Å²) in [5.41, 5.74) is 4.13. The number of para-hydroxylation sites is 1. The molecule has 3 aromatic carbocycles. The molecule has 0 fully saturated rings. The zero-order valence-corrected chi connectivity index (χ0v) is 14.1. The van der Waals surface area contributed by atoms with Gasteiger partial charge in [-0.05, 0) is 47.2 Å². The summed E-state index contributed by atoms with van der Waals surface area (Å²) in [5, 5.41) is 9.99. The molecule has 2 N–H and O–H groups in total. The van der Waals surface area contributed by atoms with Gasteiger partial charge in [0.15, 0.2) is 0 Å². The average Bonchev–Trinajstić information content (AvgIpc) is 2.65. The van der Waals surface area contributed by atoms with Crippen molar-refractivity contribution in [2.75, 3.05) is 18.4 Å². The van der Waals surface area contributed by atoms with Gasteiger partial charge in [-0.25, -0.2) is 0 Å². The van der Waals surface area contributed by atoms with Crippen molar-refractivity contribution in [3.05, 3.63) is 77.9 Å². The monoisotopic (exact) mass is 316 g/mol. The maximum absolute atomic E-state index is 3.75. The minimum atomic E-state index is 0.355. The van der Waals surface area contributed by atoms with Crippen LogP contribution in [0.4, 0.5) is 5.69 Å². The Morgan fingerprint density at radius 1 is 1.00 bits per heavy atom. The fourth-order valence-electron chi connectivity index (χ4n) is 3.73. The third-order valence-corrected chi connectivity index (χ3v) is 5.11. The summed E-state index contributed by atoms with van der Waals surface area (Å²) in [7, 11) is 0. The summed E-state index contributed by atoms with van der Waals surface area (Å²) in [5.74, 6) is 0.636. The first-order valence-electron chi connectivity index (χ1n) is 8.84. The van der Waals surface area contributed by atoms with Gasteiger partial charge in [-0.1, -0.05) is 60.7 Å². The summed E-state index contributed by atoms with van der Waals surface area (Å²) in [6, 6.07) is 24.2. The number of benzene rings is 3. The van der Waals surface area contributed by atoms with Crippen LogP contribution in [0, 0.1) is 5.92 Å². The predicted octanol–water partition coefficient (Wildman–Crippen LogP) is 4.77. The highest BCUT2D eigenvalue weighted by Crippen LogP contribution is 2.26. The van der Waals surface area contributed by atoms with Crippen LogP contribution in [0.2, 0.25) is 0 Å². The second-order valence-corrected chi connectivity index (χ2v) is 6.81. The Morgan fingerprint density at radius 3 is 2.75 bits per heavy atom. The fraction of sp³-hybridized carbons (Fsp3) is 0.273. The molecule has 0 aliphatic carbocycles. The third kappa shape index (κ3) is 3.02. The number of nitrogens with one attached hydrogen (secondary N) is 2. The van der Waals surface area contributed by atoms with Gasteiger partial charge in [-0.2, -0.15) is 0 Å². The van der Waals surface area contributed by atoms with Crippen molar-refractivity contribution in [3.8, 4) is 0 Å². The van der Waals surface area contributed by atoms with E-state index in [4.69, 9.17) is 0 Å². The first kappa shape index (κ1) is 15.2. The Hall–Kier alpha value is -2.32. The van der Waals surface area contributed by atoms with Crippen LogP contribution < -0.4 is 10.6 Å². The molecular formula is C22H24N2. The summed E-state index contributed by atoms with van der Waals surface area (Å²) in [6.07, 6.45) is 1.15. The predicted molar refractivity (Wildman–Crippen MR) is 102 cm³/mol. The number of rotatable bonds is 4. The van der Waals surface area contributed by atoms with E-state index in [1.807, 2.05) is 0 Å². The smallest absolute Gasteiger partial charge is 0.0372 e. The van der Waals surface area contributed by atoms with Gasteiger partial charge in [0.2, 0.25) is 0 Å². The van der Waals surface area contributed by atoms with E-state index < -0.39 is 0 Å². The highest BCUT2D eigenvalue weighted by Gasteiger charge is 2.18. The molecule has 0 spiro atoms. The molecule has 1 aliphatic heterocycles. The van der Waals surface area contributed by atoms with Gasteiger partial charge < -0.3 is 10.6 Å². The van der Waals surface area contributed by atoms with Gasteiger partial charge in [0, 0.05) is 24.8 Å². The lowest BCUT2D eigenvalue weighted by Crippen LogP contribution is -2.33. The van der Waals surface area contributed by atoms with Gasteiger partial charge in [-0.3, -0.25) is 0 Å². The van der Waals surface area contributed by atoms with Crippen LogP contribution in [0.15, 0.2) is 66.7 Å². The molecule has 0 saturated carbocycles. The molecule has 0 saturated heterocycles. The zero-order valence-electron chi connectivity index (χ0n) is 14.1. The summed E-state index contributed by atoms with van der Waals surface area (Å²) >= 11 is 0. The van der Waals surface area contributed by atoms with Gasteiger partial charge >= 0.3 is 0 Å². The number of hydrogen-bond acceptors (Lipinski definition) is 2. The largest absolute Gasteiger partial charge is 0.384 e. The van der Waals surface area contributed by atoms with Crippen LogP contribution in [0.1, 0.15) is 24.1 Å². The third-order valence-electron chi connectivity index (χ3n) is 5.11. The maximum atomic E-state index is 3.75. The molecule has 0 bridgehead atoms. The standard InChI is InChI=1S/C22H24N2/c1-16(20-11-6-9-18-7-2-4-10-21(18)20)23-14-17-13-19-8-3-5-12-22(19)24-15-17/h2-12,16-17,23-24H,13-15H2,1H3. The molecule has 2 atom stereocenters. The molecule has 0 amide bonds. The van der Waals surface area contributed by atoms with Gasteiger partial charge in [0.25, 0.3) is 0 Å². The van der Waals surface area contributed by atoms with Crippen LogP contribution in [-0.2, 0) is 6.42 Å². The van der Waals surface area contributed by atoms with Crippen LogP contribution in [0.5, 0.6) is 0 Å². The highest BCUT2D eigenvalue weighted by atomic mass is 14.9. The molecule has 2 heteroatoms. The Morgan fingerprint density at radius 2 is 1.79 bits per heavy atom. The molecule has 0 aromatic heterocycles. The lowest BCUT2D eigenvalue weighted by Gasteiger charge is -2.28. The number of fused-ring (bicyclic) bond motifs is 2. The summed E-state index contributed by atoms with van der Waals surface area (Å²) in [6.45, 7) is 4.35. The van der Waals surface area contributed by atoms with E-state index in [1.54, 1.807) is 0 Å². The lowest BCUT2D eigenvalue weighted by atomic mass is 9.93. The van der Waals surface area contributed by atoms with Crippen molar-refractivity contribution in [2.24, 2.45) is 5.92 Å². The van der Waals surface area contributed by atoms with Crippen molar-refractivity contribution in [3.63, 3.8) is 0 Å². The van der Waals surface area contributed by atoms with Crippen molar-refractivity contribution < 1.29 is 0 Å². The lowest BCUT2D eigenvalue weighted by molar-refractivity contribution is 0.450. The molecule has 1 heterocycles. The molecule has 122 valence electrons. The van der Waals surface area contributed by atoms with E-state index in [-0.39, 0.29) is 0 Å². The van der Waals surface area contributed by atoms with Crippen LogP contribution in [-0.4, -0.2) is 13.1 Å². The second kappa shape index (κ2) is 6.66. The van der Waals surface area contributed by atoms with E-state index >= 15 is 0 Å². The van der Waals surface area contributed by atoms with Crippen LogP contribution >= 0.6 is 0 Å². The number of anilines is 1. The molecule has 24 heavy (non-hydrogen) atoms. The maximum Gasteiger partial charge on any atom is 0.0372 e. The Kier molecular flexibility index (Phi) is 4.22. The van der Waals surface area contributed by atoms with Gasteiger partial charge in [-0.15, -0.1) is 0 Å². The number of hydrogen-bond donors (Lipinski definition) is 2. The first-order valence-corrected chi connectivity index (χ1v) is 8.84. The fourth-order valence-corrected chi connectivity index (χ4v) is 3.73. The molecule has 4 rings (SSSR count). The van der Waals surface area contributed by atoms with Crippen molar-refractivity contribution >= 4 is 16.5 Å². The average molecular weight is 316 g/mol. The second-order valence-electron chi connectivity index (χ2n) is 6.81. The molecule has 2 nitrogen and oxygen atoms in total. The molecule has 1 aliphatic rings. The quantitative estimate of drug-likeness (QED) is 0.724. The highest BCUT2D eigenvalue weighted by molar-refractivity contribution is 5.86. The molecule has 3 aromatic rings. The van der Waals surface area contributed by atoms with Crippen molar-refractivity contribution in [1.82, 2.24) is 5.32 Å². The van der Waals surface area contributed by atoms with Crippen molar-refractivity contribution in [1.29, 1.82) is 0 Å². The normalized spacial score (nSPS) is 18.0. The summed E-state index contributed by atoms with van der Waals surface area (Å²) < 4.78 is 0. The molecule has 0 radical (unpaired) electrons.